The molecule has 1 heterocycles. The number of unbranched alkanes of at least 4 members (excludes halogenated alkanes) is 4. The lowest BCUT2D eigenvalue weighted by molar-refractivity contribution is -0.929. The van der Waals surface area contributed by atoms with E-state index in [1.807, 2.05) is 0 Å². The lowest BCUT2D eigenvalue weighted by Crippen LogP contribution is -2.76. The summed E-state index contributed by atoms with van der Waals surface area (Å²) >= 11 is 0. The predicted octanol–water partition coefficient (Wildman–Crippen LogP) is 3.99. The molecule has 1 aromatic rings. The van der Waals surface area contributed by atoms with Crippen LogP contribution in [0.2, 0.25) is 0 Å². The monoisotopic (exact) mass is 555 g/mol. The van der Waals surface area contributed by atoms with Crippen LogP contribution < -0.4 is 5.32 Å². The van der Waals surface area contributed by atoms with Crippen molar-refractivity contribution in [2.75, 3.05) is 39.8 Å². The van der Waals surface area contributed by atoms with Gasteiger partial charge in [-0.15, -0.1) is 0 Å². The lowest BCUT2D eigenvalue weighted by Gasteiger charge is -2.47. The minimum Gasteiger partial charge on any atom is -0.731 e. The van der Waals surface area contributed by atoms with E-state index in [0.29, 0.717) is 0 Å². The fraction of sp³-hybridized carbons (Fsp3) is 0.714. The van der Waals surface area contributed by atoms with Crippen molar-refractivity contribution in [1.29, 1.82) is 0 Å². The van der Waals surface area contributed by atoms with E-state index in [1.165, 1.54) is 82.0 Å². The summed E-state index contributed by atoms with van der Waals surface area (Å²) in [6.45, 7) is 14.5. The number of rotatable bonds is 17. The van der Waals surface area contributed by atoms with E-state index in [9.17, 15) is 22.6 Å². The second kappa shape index (κ2) is 16.8. The Hall–Kier alpha value is -2.01. The average Bonchev–Trinajstić information content (AvgIpc) is 2.90. The Morgan fingerprint density at radius 2 is 1.39 bits per heavy atom. The maximum atomic E-state index is 11.9. The van der Waals surface area contributed by atoms with Crippen molar-refractivity contribution in [3.8, 4) is 0 Å². The maximum Gasteiger partial charge on any atom is 0.290 e. The highest BCUT2D eigenvalue weighted by Gasteiger charge is 2.56. The van der Waals surface area contributed by atoms with E-state index in [1.54, 1.807) is 30.3 Å². The first-order chi connectivity index (χ1) is 18.0. The number of carbonyl (C=O) groups is 2. The fourth-order valence-corrected chi connectivity index (χ4v) is 5.31. The smallest absolute Gasteiger partial charge is 0.290 e. The molecule has 0 aromatic heterocycles. The van der Waals surface area contributed by atoms with Gasteiger partial charge in [0.05, 0.1) is 39.1 Å². The minimum atomic E-state index is -4.89. The maximum absolute atomic E-state index is 11.9. The van der Waals surface area contributed by atoms with Gasteiger partial charge in [-0.05, 0) is 31.2 Å². The minimum absolute atomic E-state index is 0.00333. The van der Waals surface area contributed by atoms with E-state index >= 15 is 0 Å². The van der Waals surface area contributed by atoms with Gasteiger partial charge in [-0.2, -0.15) is 0 Å². The Morgan fingerprint density at radius 3 is 1.74 bits per heavy atom. The molecule has 1 aliphatic heterocycles. The summed E-state index contributed by atoms with van der Waals surface area (Å²) in [4.78, 5) is 23.6. The van der Waals surface area contributed by atoms with Crippen LogP contribution in [0.3, 0.4) is 0 Å². The van der Waals surface area contributed by atoms with E-state index in [0.717, 1.165) is 12.7 Å². The largest absolute Gasteiger partial charge is 0.731 e. The molecule has 10 heteroatoms. The highest BCUT2D eigenvalue weighted by Crippen LogP contribution is 2.26. The summed E-state index contributed by atoms with van der Waals surface area (Å²) in [5.74, 6) is -1.61. The normalized spacial score (nSPS) is 17.4. The van der Waals surface area contributed by atoms with Crippen molar-refractivity contribution < 1.29 is 31.8 Å². The van der Waals surface area contributed by atoms with Crippen LogP contribution in [0, 0.1) is 0 Å². The molecular formula is C28H49N3O6S. The fourth-order valence-electron chi connectivity index (χ4n) is 4.62. The van der Waals surface area contributed by atoms with Crippen LogP contribution in [0.4, 0.5) is 0 Å². The predicted molar refractivity (Wildman–Crippen MR) is 149 cm³/mol. The van der Waals surface area contributed by atoms with Gasteiger partial charge in [-0.25, -0.2) is 12.7 Å². The summed E-state index contributed by atoms with van der Waals surface area (Å²) in [7, 11) is -3.74. The van der Waals surface area contributed by atoms with Crippen molar-refractivity contribution >= 4 is 22.1 Å². The third-order valence-corrected chi connectivity index (χ3v) is 7.88. The highest BCUT2D eigenvalue weighted by atomic mass is 32.2. The number of carbonyl (C=O) groups excluding carboxylic acids is 2. The van der Waals surface area contributed by atoms with Gasteiger partial charge in [0.25, 0.3) is 5.91 Å². The zero-order valence-electron chi connectivity index (χ0n) is 24.0. The number of hydrogen-bond acceptors (Lipinski definition) is 6. The molecule has 1 aliphatic rings. The first-order valence-corrected chi connectivity index (χ1v) is 15.4. The van der Waals surface area contributed by atoms with Crippen LogP contribution in [-0.4, -0.2) is 79.1 Å². The Kier molecular flexibility index (Phi) is 15.1. The van der Waals surface area contributed by atoms with Gasteiger partial charge in [0.15, 0.2) is 10.3 Å². The van der Waals surface area contributed by atoms with Crippen LogP contribution in [-0.2, 0) is 31.1 Å². The second-order valence-corrected chi connectivity index (χ2v) is 11.5. The van der Waals surface area contributed by atoms with E-state index in [2.05, 4.69) is 33.0 Å². The van der Waals surface area contributed by atoms with Gasteiger partial charge in [0.1, 0.15) is 0 Å². The van der Waals surface area contributed by atoms with Crippen molar-refractivity contribution in [2.45, 2.75) is 91.2 Å². The Bertz CT molecular complexity index is 904. The lowest BCUT2D eigenvalue weighted by atomic mass is 10.1. The molecule has 0 bridgehead atoms. The number of ether oxygens (including phenoxy) is 1. The summed E-state index contributed by atoms with van der Waals surface area (Å²) in [5, 5.41) is 2.32. The third-order valence-electron chi connectivity index (χ3n) is 7.05. The van der Waals surface area contributed by atoms with E-state index < -0.39 is 34.4 Å². The number of nitrogens with one attached hydrogen (secondary N) is 1. The number of benzene rings is 1. The second-order valence-electron chi connectivity index (χ2n) is 10.2. The van der Waals surface area contributed by atoms with Crippen molar-refractivity contribution in [3.63, 3.8) is 0 Å². The molecule has 1 unspecified atom stereocenters. The molecule has 1 saturated heterocycles. The molecule has 218 valence electrons. The number of nitrogens with zero attached hydrogens (tertiary/aromatic N) is 2. The van der Waals surface area contributed by atoms with E-state index in [-0.39, 0.29) is 10.7 Å². The van der Waals surface area contributed by atoms with Crippen LogP contribution in [0.15, 0.2) is 30.3 Å². The number of quaternary nitrogens is 1. The SMILES string of the molecule is CCCC[N+](CCCC)(CCCC)CCCC.COC1(NC(=O)Cc2ccccc2)CN(S(=O)(=O)[O-])C1=O. The van der Waals surface area contributed by atoms with Crippen molar-refractivity contribution in [2.24, 2.45) is 0 Å². The van der Waals surface area contributed by atoms with Crippen molar-refractivity contribution in [3.05, 3.63) is 35.9 Å². The molecule has 0 aliphatic carbocycles. The quantitative estimate of drug-likeness (QED) is 0.134. The zero-order valence-corrected chi connectivity index (χ0v) is 24.9. The van der Waals surface area contributed by atoms with Gasteiger partial charge >= 0.3 is 0 Å². The molecule has 0 radical (unpaired) electrons. The van der Waals surface area contributed by atoms with Gasteiger partial charge in [-0.3, -0.25) is 9.59 Å². The number of methoxy groups -OCH3 is 1. The van der Waals surface area contributed by atoms with E-state index in [4.69, 9.17) is 4.74 Å². The molecular weight excluding hydrogens is 506 g/mol. The topological polar surface area (TPSA) is 116 Å². The summed E-state index contributed by atoms with van der Waals surface area (Å²) < 4.78 is 38.8. The van der Waals surface area contributed by atoms with Crippen molar-refractivity contribution in [1.82, 2.24) is 9.62 Å². The number of amides is 2. The van der Waals surface area contributed by atoms with Crippen LogP contribution >= 0.6 is 0 Å². The molecule has 1 fully saturated rings. The summed E-state index contributed by atoms with van der Waals surface area (Å²) in [5.41, 5.74) is -1.06. The molecule has 0 saturated carbocycles. The summed E-state index contributed by atoms with van der Waals surface area (Å²) in [6.07, 6.45) is 11.1. The Morgan fingerprint density at radius 1 is 0.947 bits per heavy atom. The molecule has 2 amide bonds. The van der Waals surface area contributed by atoms with Crippen LogP contribution in [0.1, 0.15) is 84.6 Å². The average molecular weight is 556 g/mol. The van der Waals surface area contributed by atoms with Gasteiger partial charge in [0, 0.05) is 7.11 Å². The molecule has 38 heavy (non-hydrogen) atoms. The standard InChI is InChI=1S/C16H36N.C12H14N2O6S/c1-5-9-13-17(14-10-6-2,15-11-7-3)16-12-8-4;1-20-12(8-14(11(12)16)21(17,18)19)13-10(15)7-9-5-3-2-4-6-9/h5-16H2,1-4H3;2-6H,7-8H2,1H3,(H,13,15)(H,17,18,19)/q+1;/p-1. The third kappa shape index (κ3) is 10.6. The first kappa shape index (κ1) is 34.0. The first-order valence-electron chi connectivity index (χ1n) is 14.1. The van der Waals surface area contributed by atoms with Gasteiger partial charge in [0.2, 0.25) is 11.6 Å². The van der Waals surface area contributed by atoms with Gasteiger partial charge in [-0.1, -0.05) is 83.7 Å². The van der Waals surface area contributed by atoms with Gasteiger partial charge < -0.3 is 19.1 Å². The Labute approximate surface area is 230 Å². The molecule has 1 N–H and O–H groups in total. The molecule has 0 spiro atoms. The van der Waals surface area contributed by atoms with Crippen LogP contribution in [0.5, 0.6) is 0 Å². The molecule has 9 nitrogen and oxygen atoms in total. The number of hydrogen-bond donors (Lipinski definition) is 1. The molecule has 2 rings (SSSR count). The molecule has 1 atom stereocenters. The zero-order chi connectivity index (χ0) is 28.7. The summed E-state index contributed by atoms with van der Waals surface area (Å²) in [6, 6.07) is 8.78. The van der Waals surface area contributed by atoms with Crippen LogP contribution in [0.25, 0.3) is 0 Å². The highest BCUT2D eigenvalue weighted by molar-refractivity contribution is 7.84. The molecule has 1 aromatic carbocycles. The Balaban J connectivity index is 0.000000391. The number of β-lactam (4-membered cyclic amide) rings is 1.